The highest BCUT2D eigenvalue weighted by atomic mass is 127. The van der Waals surface area contributed by atoms with E-state index in [1.54, 1.807) is 0 Å². The Morgan fingerprint density at radius 2 is 0.377 bits per heavy atom. The van der Waals surface area contributed by atoms with Crippen LogP contribution in [-0.4, -0.2) is 109 Å². The third kappa shape index (κ3) is 19.0. The second-order valence-corrected chi connectivity index (χ2v) is 33.2. The number of hydrogen-bond acceptors (Lipinski definition) is 9. The number of halogens is 28. The molecule has 0 bridgehead atoms. The standard InChI is InChI=1S/C52H44IS2.3C4HF9O3S/c1-37-5-25-47(26-6-37)54(48-27-7-38(2)8-28-48)51-33-17-43(18-34-51)41-13-21-45(22-14-41)53-46-23-15-42(16-24-46)44-19-35-52(36-20-44)55(49-29-9-39(3)10-30-49)50-31-11-40(4)12-32-50;3*5-1(6,3(9,10)11)2(7,8)4(12,13)17(14,15)16/h5-36H,1-4H3;3*(H,14,15,16)/q+3;;;/p-3. The molecular weight excluding hydrogens is 1710 g/mol. The summed E-state index contributed by atoms with van der Waals surface area (Å²) >= 11 is -0.278. The number of benzene rings is 8. The molecule has 0 spiro atoms. The van der Waals surface area contributed by atoms with E-state index in [2.05, 4.69) is 222 Å². The van der Waals surface area contributed by atoms with E-state index in [1.165, 1.54) is 81.0 Å². The van der Waals surface area contributed by atoms with Crippen LogP contribution in [0, 0.1) is 34.8 Å². The van der Waals surface area contributed by atoms with Gasteiger partial charge < -0.3 is 13.7 Å². The fourth-order valence-corrected chi connectivity index (χ4v) is 15.7. The normalized spacial score (nSPS) is 13.6. The van der Waals surface area contributed by atoms with Gasteiger partial charge in [0.05, 0.1) is 21.8 Å². The van der Waals surface area contributed by atoms with Crippen LogP contribution in [0.2, 0.25) is 0 Å². The summed E-state index contributed by atoms with van der Waals surface area (Å²) in [6.07, 6.45) is -21.5. The summed E-state index contributed by atoms with van der Waals surface area (Å²) in [5.74, 6) is -44.5. The van der Waals surface area contributed by atoms with Gasteiger partial charge in [0.25, 0.3) is 0 Å². The smallest absolute Gasteiger partial charge is 0.460 e. The SMILES string of the molecule is Cc1ccc([S+](c2ccc(C)cc2)c2ccc(-c3ccc([I+]c4ccc(-c5ccc([S+](c6ccc(C)cc6)c6ccc(C)cc6)cc5)cc4)cc3)cc2)cc1.O=S(=O)([O-])C(F)(F)C(F)(F)C(F)(F)C(F)(F)F.O=S(=O)([O-])C(F)(F)C(F)(F)C(F)(F)C(F)(F)F.O=S(=O)([O-])C(F)(F)C(F)(F)C(F)(F)C(F)(F)F. The molecule has 0 aromatic heterocycles. The molecule has 0 aliphatic carbocycles. The lowest BCUT2D eigenvalue weighted by Crippen LogP contribution is -3.61. The Morgan fingerprint density at radius 3 is 0.519 bits per heavy atom. The minimum Gasteiger partial charge on any atom is -0.743 e. The van der Waals surface area contributed by atoms with Gasteiger partial charge in [-0.05, 0) is 196 Å². The molecule has 580 valence electrons. The van der Waals surface area contributed by atoms with Crippen molar-refractivity contribution in [3.8, 4) is 22.3 Å². The van der Waals surface area contributed by atoms with Crippen LogP contribution in [0.25, 0.3) is 22.3 Å². The van der Waals surface area contributed by atoms with Gasteiger partial charge in [-0.3, -0.25) is 0 Å². The van der Waals surface area contributed by atoms with E-state index in [-0.39, 0.29) is 43.0 Å². The molecule has 0 fully saturated rings. The van der Waals surface area contributed by atoms with Gasteiger partial charge in [-0.25, -0.2) is 25.3 Å². The molecule has 0 amide bonds. The Hall–Kier alpha value is -6.97. The lowest BCUT2D eigenvalue weighted by Gasteiger charge is -2.34. The summed E-state index contributed by atoms with van der Waals surface area (Å²) in [5, 5.41) is -21.3. The monoisotopic (exact) mass is 1760 g/mol. The average Bonchev–Trinajstić information content (AvgIpc) is 0.744. The lowest BCUT2D eigenvalue weighted by atomic mass is 10.1. The summed E-state index contributed by atoms with van der Waals surface area (Å²) in [7, 11) is -22.6. The minimum atomic E-state index is -7.43. The predicted molar refractivity (Wildman–Crippen MR) is 322 cm³/mol. The highest BCUT2D eigenvalue weighted by molar-refractivity contribution is 7.97. The van der Waals surface area contributed by atoms with Crippen molar-refractivity contribution in [1.29, 1.82) is 0 Å². The summed E-state index contributed by atoms with van der Waals surface area (Å²) < 4.78 is 409. The first-order valence-electron chi connectivity index (χ1n) is 28.1. The zero-order valence-corrected chi connectivity index (χ0v) is 59.0. The maximum absolute atomic E-state index is 12.2. The van der Waals surface area contributed by atoms with Crippen molar-refractivity contribution in [3.63, 3.8) is 0 Å². The van der Waals surface area contributed by atoms with Crippen molar-refractivity contribution < 1.29 is 179 Å². The minimum absolute atomic E-state index is 0.151. The molecule has 9 nitrogen and oxygen atoms in total. The Bertz CT molecular complexity index is 4190. The first-order chi connectivity index (χ1) is 47.9. The molecule has 0 radical (unpaired) electrons. The Balaban J connectivity index is 0.000000322. The molecule has 0 heterocycles. The third-order valence-electron chi connectivity index (χ3n) is 14.1. The largest absolute Gasteiger partial charge is 0.743 e. The zero-order valence-electron chi connectivity index (χ0n) is 52.8. The number of alkyl halides is 27. The number of aryl methyl sites for hydroxylation is 4. The quantitative estimate of drug-likeness (QED) is 0.0331. The van der Waals surface area contributed by atoms with Crippen molar-refractivity contribution in [3.05, 3.63) is 224 Å². The van der Waals surface area contributed by atoms with Gasteiger partial charge in [-0.1, -0.05) is 70.8 Å². The van der Waals surface area contributed by atoms with Crippen LogP contribution in [0.1, 0.15) is 22.3 Å². The molecule has 0 aliphatic heterocycles. The third-order valence-corrected chi connectivity index (χ3v) is 23.9. The average molecular weight is 1760 g/mol. The van der Waals surface area contributed by atoms with Crippen LogP contribution in [0.3, 0.4) is 0 Å². The molecule has 42 heteroatoms. The van der Waals surface area contributed by atoms with Crippen LogP contribution < -0.4 is 21.2 Å². The summed E-state index contributed by atoms with van der Waals surface area (Å²) in [6, 6.07) is 73.0. The molecule has 0 saturated heterocycles. The highest BCUT2D eigenvalue weighted by Gasteiger charge is 2.86. The molecule has 0 saturated carbocycles. The van der Waals surface area contributed by atoms with E-state index in [1.807, 2.05) is 0 Å². The Labute approximate surface area is 600 Å². The number of hydrogen-bond donors (Lipinski definition) is 0. The molecule has 0 unspecified atom stereocenters. The van der Waals surface area contributed by atoms with E-state index in [9.17, 15) is 157 Å². The van der Waals surface area contributed by atoms with E-state index in [0.717, 1.165) is 0 Å². The fraction of sp³-hybridized carbons (Fsp3) is 0.250. The molecule has 8 aromatic rings. The van der Waals surface area contributed by atoms with E-state index in [0.29, 0.717) is 0 Å². The van der Waals surface area contributed by atoms with Crippen molar-refractivity contribution in [2.24, 2.45) is 0 Å². The van der Waals surface area contributed by atoms with Gasteiger partial charge in [0, 0.05) is 0 Å². The summed E-state index contributed by atoms with van der Waals surface area (Å²) in [5.41, 5.74) is 10.2. The molecule has 8 rings (SSSR count). The van der Waals surface area contributed by atoms with Crippen molar-refractivity contribution in [2.75, 3.05) is 0 Å². The topological polar surface area (TPSA) is 172 Å². The molecule has 0 N–H and O–H groups in total. The van der Waals surface area contributed by atoms with Gasteiger partial charge >= 0.3 is 91.0 Å². The fourth-order valence-electron chi connectivity index (χ4n) is 8.17. The van der Waals surface area contributed by atoms with Crippen molar-refractivity contribution >= 4 is 52.1 Å². The van der Waals surface area contributed by atoms with Gasteiger partial charge in [0.2, 0.25) is 0 Å². The summed E-state index contributed by atoms with van der Waals surface area (Å²) in [4.78, 5) is 8.08. The van der Waals surface area contributed by atoms with Crippen LogP contribution in [-0.2, 0) is 52.1 Å². The van der Waals surface area contributed by atoms with Gasteiger partial charge in [-0.15, -0.1) is 0 Å². The van der Waals surface area contributed by atoms with Crippen LogP contribution >= 0.6 is 0 Å². The van der Waals surface area contributed by atoms with Crippen LogP contribution in [0.15, 0.2) is 223 Å². The van der Waals surface area contributed by atoms with E-state index in [4.69, 9.17) is 0 Å². The maximum atomic E-state index is 12.2. The van der Waals surface area contributed by atoms with Crippen molar-refractivity contribution in [1.82, 2.24) is 0 Å². The molecule has 0 aliphatic rings. The van der Waals surface area contributed by atoms with Gasteiger partial charge in [0.15, 0.2) is 66.9 Å². The number of rotatable bonds is 19. The Kier molecular flexibility index (Phi) is 27.0. The highest BCUT2D eigenvalue weighted by Crippen LogP contribution is 2.57. The van der Waals surface area contributed by atoms with Crippen LogP contribution in [0.5, 0.6) is 0 Å². The van der Waals surface area contributed by atoms with E-state index < -0.39 is 100 Å². The molecule has 0 atom stereocenters. The summed E-state index contributed by atoms with van der Waals surface area (Å²) in [6.45, 7) is 8.62. The second kappa shape index (κ2) is 31.9. The van der Waals surface area contributed by atoms with Crippen LogP contribution in [0.4, 0.5) is 119 Å². The van der Waals surface area contributed by atoms with Gasteiger partial charge in [-0.2, -0.15) is 119 Å². The lowest BCUT2D eigenvalue weighted by molar-refractivity contribution is -0.597. The molecule has 8 aromatic carbocycles. The second-order valence-electron chi connectivity index (χ2n) is 21.9. The van der Waals surface area contributed by atoms with Crippen molar-refractivity contribution in [2.45, 2.75) is 127 Å². The molecule has 106 heavy (non-hydrogen) atoms. The van der Waals surface area contributed by atoms with E-state index >= 15 is 0 Å². The maximum Gasteiger partial charge on any atom is 0.460 e. The first-order valence-corrected chi connectivity index (χ1v) is 37.0. The first kappa shape index (κ1) is 89.7. The van der Waals surface area contributed by atoms with Gasteiger partial charge in [0.1, 0.15) is 0 Å². The Morgan fingerprint density at radius 1 is 0.236 bits per heavy atom. The molecular formula is C64H44F27IO9S5. The predicted octanol–water partition coefficient (Wildman–Crippen LogP) is 16.4. The zero-order chi connectivity index (χ0) is 81.2.